The molecule has 4 rings (SSSR count). The van der Waals surface area contributed by atoms with E-state index in [1.165, 1.54) is 23.3 Å². The SMILES string of the molecule is CCN(C)CCc1c[nH]c2ccc(F)cc12.CCN(C)CCc1c[nH]c2ccc(F)cc12.O=C(O)CC(O)C(=O)O. The van der Waals surface area contributed by atoms with E-state index in [0.717, 1.165) is 60.8 Å². The van der Waals surface area contributed by atoms with Crippen LogP contribution in [0.1, 0.15) is 31.4 Å². The fourth-order valence-corrected chi connectivity index (χ4v) is 3.91. The van der Waals surface area contributed by atoms with Crippen molar-refractivity contribution < 1.29 is 33.7 Å². The van der Waals surface area contributed by atoms with Crippen molar-refractivity contribution in [1.82, 2.24) is 19.8 Å². The highest BCUT2D eigenvalue weighted by atomic mass is 19.1. The molecular formula is C30H40F2N4O5. The van der Waals surface area contributed by atoms with E-state index in [2.05, 4.69) is 47.7 Å². The zero-order valence-electron chi connectivity index (χ0n) is 24.0. The van der Waals surface area contributed by atoms with Crippen molar-refractivity contribution in [3.8, 4) is 0 Å². The molecule has 0 saturated heterocycles. The van der Waals surface area contributed by atoms with Gasteiger partial charge in [-0.2, -0.15) is 0 Å². The van der Waals surface area contributed by atoms with E-state index < -0.39 is 24.5 Å². The van der Waals surface area contributed by atoms with Crippen LogP contribution in [0.2, 0.25) is 0 Å². The van der Waals surface area contributed by atoms with Crippen LogP contribution in [0, 0.1) is 11.6 Å². The third kappa shape index (κ3) is 10.9. The normalized spacial score (nSPS) is 11.7. The average molecular weight is 575 g/mol. The molecule has 0 bridgehead atoms. The van der Waals surface area contributed by atoms with Gasteiger partial charge in [-0.1, -0.05) is 13.8 Å². The number of fused-ring (bicyclic) bond motifs is 2. The van der Waals surface area contributed by atoms with E-state index >= 15 is 0 Å². The van der Waals surface area contributed by atoms with Gasteiger partial charge in [0.05, 0.1) is 6.42 Å². The number of carbonyl (C=O) groups is 2. The van der Waals surface area contributed by atoms with E-state index in [1.54, 1.807) is 24.3 Å². The second-order valence-corrected chi connectivity index (χ2v) is 9.75. The number of benzene rings is 2. The van der Waals surface area contributed by atoms with Crippen molar-refractivity contribution in [2.45, 2.75) is 39.2 Å². The molecular weight excluding hydrogens is 534 g/mol. The van der Waals surface area contributed by atoms with Crippen molar-refractivity contribution in [2.75, 3.05) is 40.3 Å². The van der Waals surface area contributed by atoms with Crippen molar-refractivity contribution in [3.05, 3.63) is 71.6 Å². The molecule has 0 saturated carbocycles. The van der Waals surface area contributed by atoms with Crippen LogP contribution < -0.4 is 0 Å². The number of aromatic nitrogens is 2. The maximum absolute atomic E-state index is 13.1. The second-order valence-electron chi connectivity index (χ2n) is 9.75. The van der Waals surface area contributed by atoms with Crippen molar-refractivity contribution in [3.63, 3.8) is 0 Å². The lowest BCUT2D eigenvalue weighted by atomic mass is 10.1. The third-order valence-corrected chi connectivity index (χ3v) is 6.72. The van der Waals surface area contributed by atoms with E-state index in [9.17, 15) is 18.4 Å². The van der Waals surface area contributed by atoms with Gasteiger partial charge in [0.15, 0.2) is 6.10 Å². The highest BCUT2D eigenvalue weighted by Gasteiger charge is 2.16. The first-order valence-electron chi connectivity index (χ1n) is 13.5. The maximum Gasteiger partial charge on any atom is 0.333 e. The van der Waals surface area contributed by atoms with Gasteiger partial charge in [0.25, 0.3) is 0 Å². The van der Waals surface area contributed by atoms with Crippen LogP contribution in [0.25, 0.3) is 21.8 Å². The predicted octanol–water partition coefficient (Wildman–Crippen LogP) is 4.51. The first kappa shape index (κ1) is 33.4. The molecule has 0 aliphatic rings. The lowest BCUT2D eigenvalue weighted by Crippen LogP contribution is -2.22. The minimum Gasteiger partial charge on any atom is -0.481 e. The molecule has 0 aliphatic heterocycles. The molecule has 0 aliphatic carbocycles. The Hall–Kier alpha value is -3.80. The Morgan fingerprint density at radius 1 is 0.805 bits per heavy atom. The summed E-state index contributed by atoms with van der Waals surface area (Å²) < 4.78 is 26.3. The molecule has 11 heteroatoms. The molecule has 2 aromatic carbocycles. The topological polar surface area (TPSA) is 133 Å². The van der Waals surface area contributed by atoms with Crippen LogP contribution in [0.4, 0.5) is 8.78 Å². The quantitative estimate of drug-likeness (QED) is 0.178. The summed E-state index contributed by atoms with van der Waals surface area (Å²) >= 11 is 0. The number of halogens is 2. The summed E-state index contributed by atoms with van der Waals surface area (Å²) in [6.45, 7) is 8.34. The number of nitrogens with zero attached hydrogens (tertiary/aromatic N) is 2. The highest BCUT2D eigenvalue weighted by Crippen LogP contribution is 2.21. The molecule has 5 N–H and O–H groups in total. The van der Waals surface area contributed by atoms with Gasteiger partial charge < -0.3 is 35.1 Å². The number of aliphatic carboxylic acids is 2. The highest BCUT2D eigenvalue weighted by molar-refractivity contribution is 5.84. The summed E-state index contributed by atoms with van der Waals surface area (Å²) in [6, 6.07) is 9.76. The van der Waals surface area contributed by atoms with Gasteiger partial charge in [-0.15, -0.1) is 0 Å². The molecule has 0 fully saturated rings. The van der Waals surface area contributed by atoms with Crippen LogP contribution in [0.3, 0.4) is 0 Å². The number of carboxylic acid groups (broad SMARTS) is 2. The smallest absolute Gasteiger partial charge is 0.333 e. The summed E-state index contributed by atoms with van der Waals surface area (Å²) in [7, 11) is 4.19. The Balaban J connectivity index is 0.000000225. The fourth-order valence-electron chi connectivity index (χ4n) is 3.91. The minimum atomic E-state index is -1.79. The van der Waals surface area contributed by atoms with Gasteiger partial charge in [0, 0.05) is 47.3 Å². The lowest BCUT2D eigenvalue weighted by molar-refractivity contribution is -0.152. The zero-order chi connectivity index (χ0) is 30.5. The Morgan fingerprint density at radius 3 is 1.54 bits per heavy atom. The van der Waals surface area contributed by atoms with Crippen molar-refractivity contribution in [1.29, 1.82) is 0 Å². The summed E-state index contributed by atoms with van der Waals surface area (Å²) in [4.78, 5) is 30.3. The Labute approximate surface area is 238 Å². The molecule has 0 radical (unpaired) electrons. The van der Waals surface area contributed by atoms with Crippen LogP contribution in [0.5, 0.6) is 0 Å². The number of nitrogens with one attached hydrogen (secondary N) is 2. The predicted molar refractivity (Wildman–Crippen MR) is 156 cm³/mol. The Morgan fingerprint density at radius 2 is 1.22 bits per heavy atom. The van der Waals surface area contributed by atoms with Crippen LogP contribution in [-0.4, -0.2) is 93.4 Å². The lowest BCUT2D eigenvalue weighted by Gasteiger charge is -2.12. The van der Waals surface area contributed by atoms with Gasteiger partial charge in [0.1, 0.15) is 11.6 Å². The number of carboxylic acids is 2. The van der Waals surface area contributed by atoms with Gasteiger partial charge in [-0.3, -0.25) is 4.79 Å². The molecule has 2 aromatic heterocycles. The van der Waals surface area contributed by atoms with E-state index in [-0.39, 0.29) is 11.6 Å². The number of likely N-dealkylation sites (N-methyl/N-ethyl adjacent to an activating group) is 2. The van der Waals surface area contributed by atoms with Crippen molar-refractivity contribution in [2.24, 2.45) is 0 Å². The van der Waals surface area contributed by atoms with Gasteiger partial charge in [-0.05, 0) is 87.6 Å². The minimum absolute atomic E-state index is 0.169. The summed E-state index contributed by atoms with van der Waals surface area (Å²) in [6.07, 6.45) is 3.32. The monoisotopic (exact) mass is 574 g/mol. The Bertz CT molecular complexity index is 1310. The molecule has 0 spiro atoms. The summed E-state index contributed by atoms with van der Waals surface area (Å²) in [5.41, 5.74) is 4.40. The molecule has 9 nitrogen and oxygen atoms in total. The summed E-state index contributed by atoms with van der Waals surface area (Å²) in [5, 5.41) is 26.2. The molecule has 1 unspecified atom stereocenters. The number of rotatable bonds is 11. The van der Waals surface area contributed by atoms with Gasteiger partial charge in [-0.25, -0.2) is 13.6 Å². The zero-order valence-corrected chi connectivity index (χ0v) is 24.0. The molecule has 2 heterocycles. The number of H-pyrrole nitrogens is 2. The first-order chi connectivity index (χ1) is 19.4. The fraction of sp³-hybridized carbons (Fsp3) is 0.400. The number of aromatic amines is 2. The van der Waals surface area contributed by atoms with E-state index in [4.69, 9.17) is 15.3 Å². The number of aliphatic hydroxyl groups is 1. The number of hydrogen-bond acceptors (Lipinski definition) is 5. The molecule has 41 heavy (non-hydrogen) atoms. The number of aliphatic hydroxyl groups excluding tert-OH is 1. The molecule has 0 amide bonds. The third-order valence-electron chi connectivity index (χ3n) is 6.72. The second kappa shape index (κ2) is 16.5. The average Bonchev–Trinajstić information content (AvgIpc) is 3.53. The largest absolute Gasteiger partial charge is 0.481 e. The van der Waals surface area contributed by atoms with Gasteiger partial charge in [0.2, 0.25) is 0 Å². The Kier molecular flexibility index (Phi) is 13.4. The van der Waals surface area contributed by atoms with E-state index in [0.29, 0.717) is 0 Å². The number of hydrogen-bond donors (Lipinski definition) is 5. The molecule has 4 aromatic rings. The molecule has 224 valence electrons. The van der Waals surface area contributed by atoms with Crippen molar-refractivity contribution >= 4 is 33.7 Å². The first-order valence-corrected chi connectivity index (χ1v) is 13.5. The molecule has 1 atom stereocenters. The van der Waals surface area contributed by atoms with Crippen LogP contribution >= 0.6 is 0 Å². The standard InChI is InChI=1S/2C13H17FN2.C4H6O5/c2*1-3-16(2)7-6-10-9-15-13-5-4-11(14)8-12(10)13;5-2(4(8)9)1-3(6)7/h2*4-5,8-9,15H,3,6-7H2,1-2H3;2,5H,1H2,(H,6,7)(H,8,9). The van der Waals surface area contributed by atoms with Crippen LogP contribution in [-0.2, 0) is 22.4 Å². The maximum atomic E-state index is 13.1. The summed E-state index contributed by atoms with van der Waals surface area (Å²) in [5.74, 6) is -3.18. The van der Waals surface area contributed by atoms with E-state index in [1.807, 2.05) is 12.4 Å². The van der Waals surface area contributed by atoms with Crippen LogP contribution in [0.15, 0.2) is 48.8 Å². The van der Waals surface area contributed by atoms with Gasteiger partial charge >= 0.3 is 11.9 Å².